The van der Waals surface area contributed by atoms with Crippen LogP contribution in [-0.4, -0.2) is 54.3 Å². The van der Waals surface area contributed by atoms with Crippen molar-refractivity contribution in [2.45, 2.75) is 31.8 Å². The molecule has 2 aliphatic rings. The molecule has 2 aromatic carbocycles. The van der Waals surface area contributed by atoms with E-state index in [0.29, 0.717) is 48.0 Å². The first-order valence-electron chi connectivity index (χ1n) is 10.4. The Morgan fingerprint density at radius 2 is 1.91 bits per heavy atom. The van der Waals surface area contributed by atoms with Gasteiger partial charge in [-0.25, -0.2) is 0 Å². The summed E-state index contributed by atoms with van der Waals surface area (Å²) in [5, 5.41) is 12.0. The number of nitro groups is 1. The zero-order chi connectivity index (χ0) is 23.2. The highest BCUT2D eigenvalue weighted by molar-refractivity contribution is 6.31. The summed E-state index contributed by atoms with van der Waals surface area (Å²) in [6.45, 7) is 2.66. The second kappa shape index (κ2) is 8.09. The van der Waals surface area contributed by atoms with Crippen molar-refractivity contribution in [1.29, 1.82) is 0 Å². The quantitative estimate of drug-likeness (QED) is 0.505. The summed E-state index contributed by atoms with van der Waals surface area (Å²) in [5.41, 5.74) is 1.29. The molecule has 1 amide bonds. The lowest BCUT2D eigenvalue weighted by atomic mass is 9.82. The fourth-order valence-electron chi connectivity index (χ4n) is 4.37. The van der Waals surface area contributed by atoms with Crippen molar-refractivity contribution in [1.82, 2.24) is 4.90 Å². The highest BCUT2D eigenvalue weighted by Gasteiger charge is 2.44. The Labute approximate surface area is 190 Å². The molecule has 168 valence electrons. The number of hydrogen-bond acceptors (Lipinski definition) is 6. The molecule has 0 radical (unpaired) electrons. The lowest BCUT2D eigenvalue weighted by Crippen LogP contribution is -2.52. The molecule has 4 rings (SSSR count). The van der Waals surface area contributed by atoms with E-state index in [-0.39, 0.29) is 29.4 Å². The lowest BCUT2D eigenvalue weighted by molar-refractivity contribution is -0.384. The maximum absolute atomic E-state index is 13.0. The molecular weight excluding hydrogens is 434 g/mol. The van der Waals surface area contributed by atoms with Crippen LogP contribution in [0.25, 0.3) is 0 Å². The molecule has 0 unspecified atom stereocenters. The minimum Gasteiger partial charge on any atom is -0.486 e. The third-order valence-electron chi connectivity index (χ3n) is 6.23. The Morgan fingerprint density at radius 1 is 1.22 bits per heavy atom. The van der Waals surface area contributed by atoms with Crippen molar-refractivity contribution in [3.8, 4) is 5.75 Å². The van der Waals surface area contributed by atoms with Gasteiger partial charge in [-0.15, -0.1) is 0 Å². The predicted octanol–water partition coefficient (Wildman–Crippen LogP) is 4.26. The van der Waals surface area contributed by atoms with Gasteiger partial charge >= 0.3 is 0 Å². The molecule has 1 saturated heterocycles. The van der Waals surface area contributed by atoms with Crippen LogP contribution >= 0.6 is 11.6 Å². The number of piperidine rings is 1. The van der Waals surface area contributed by atoms with E-state index >= 15 is 0 Å². The van der Waals surface area contributed by atoms with Crippen molar-refractivity contribution in [3.05, 3.63) is 62.2 Å². The molecule has 2 aliphatic heterocycles. The monoisotopic (exact) mass is 457 g/mol. The van der Waals surface area contributed by atoms with Crippen LogP contribution in [0.1, 0.15) is 45.5 Å². The van der Waals surface area contributed by atoms with Gasteiger partial charge in [-0.05, 0) is 36.8 Å². The first-order valence-corrected chi connectivity index (χ1v) is 10.8. The molecule has 32 heavy (non-hydrogen) atoms. The van der Waals surface area contributed by atoms with E-state index in [1.165, 1.54) is 6.07 Å². The molecule has 0 saturated carbocycles. The van der Waals surface area contributed by atoms with Gasteiger partial charge in [0.25, 0.3) is 11.6 Å². The first-order chi connectivity index (χ1) is 15.1. The van der Waals surface area contributed by atoms with Gasteiger partial charge in [-0.3, -0.25) is 19.7 Å². The van der Waals surface area contributed by atoms with Gasteiger partial charge in [-0.1, -0.05) is 11.6 Å². The van der Waals surface area contributed by atoms with Crippen molar-refractivity contribution in [2.75, 3.05) is 32.1 Å². The van der Waals surface area contributed by atoms with E-state index in [4.69, 9.17) is 16.3 Å². The number of ether oxygens (including phenoxy) is 1. The molecule has 1 spiro atoms. The maximum atomic E-state index is 13.0. The zero-order valence-electron chi connectivity index (χ0n) is 18.2. The average Bonchev–Trinajstić information content (AvgIpc) is 2.75. The number of fused-ring (bicyclic) bond motifs is 1. The van der Waals surface area contributed by atoms with Gasteiger partial charge in [0, 0.05) is 56.7 Å². The molecule has 9 heteroatoms. The van der Waals surface area contributed by atoms with E-state index in [2.05, 4.69) is 0 Å². The number of rotatable bonds is 3. The highest BCUT2D eigenvalue weighted by atomic mass is 35.5. The summed E-state index contributed by atoms with van der Waals surface area (Å²) in [5.74, 6) is 0.263. The van der Waals surface area contributed by atoms with Crippen molar-refractivity contribution >= 4 is 34.7 Å². The minimum atomic E-state index is -0.651. The Hall–Kier alpha value is -3.13. The van der Waals surface area contributed by atoms with E-state index in [1.54, 1.807) is 48.2 Å². The van der Waals surface area contributed by atoms with Gasteiger partial charge in [0.05, 0.1) is 16.9 Å². The van der Waals surface area contributed by atoms with E-state index in [0.717, 1.165) is 5.56 Å². The molecule has 0 atom stereocenters. The van der Waals surface area contributed by atoms with Gasteiger partial charge in [0.1, 0.15) is 17.0 Å². The number of carbonyl (C=O) groups is 2. The van der Waals surface area contributed by atoms with E-state index < -0.39 is 10.5 Å². The standard InChI is InChI=1S/C23H24ClN3O5/c1-14-10-21-16(12-17(14)24)20(28)13-23(32-21)6-8-26(9-7-23)22(29)15-4-5-18(25(2)3)19(11-15)27(30)31/h4-5,10-12H,6-9,13H2,1-3H3. The summed E-state index contributed by atoms with van der Waals surface area (Å²) >= 11 is 6.16. The van der Waals surface area contributed by atoms with Crippen LogP contribution in [0.2, 0.25) is 5.02 Å². The van der Waals surface area contributed by atoms with E-state index in [1.807, 2.05) is 6.92 Å². The van der Waals surface area contributed by atoms with Gasteiger partial charge in [-0.2, -0.15) is 0 Å². The lowest BCUT2D eigenvalue weighted by Gasteiger charge is -2.44. The number of nitrogens with zero attached hydrogens (tertiary/aromatic N) is 3. The summed E-state index contributed by atoms with van der Waals surface area (Å²) in [4.78, 5) is 40.1. The number of benzene rings is 2. The molecule has 0 bridgehead atoms. The summed E-state index contributed by atoms with van der Waals surface area (Å²) in [6.07, 6.45) is 1.25. The van der Waals surface area contributed by atoms with Crippen LogP contribution < -0.4 is 9.64 Å². The smallest absolute Gasteiger partial charge is 0.293 e. The number of anilines is 1. The number of likely N-dealkylation sites (tertiary alicyclic amines) is 1. The van der Waals surface area contributed by atoms with E-state index in [9.17, 15) is 19.7 Å². The number of hydrogen-bond donors (Lipinski definition) is 0. The number of nitro benzene ring substituents is 1. The van der Waals surface area contributed by atoms with Crippen molar-refractivity contribution in [3.63, 3.8) is 0 Å². The minimum absolute atomic E-state index is 0.0113. The fourth-order valence-corrected chi connectivity index (χ4v) is 4.54. The number of ketones is 1. The average molecular weight is 458 g/mol. The fraction of sp³-hybridized carbons (Fsp3) is 0.391. The molecule has 1 fully saturated rings. The predicted molar refractivity (Wildman–Crippen MR) is 121 cm³/mol. The van der Waals surface area contributed by atoms with Crippen molar-refractivity contribution < 1.29 is 19.2 Å². The summed E-state index contributed by atoms with van der Waals surface area (Å²) < 4.78 is 6.28. The highest BCUT2D eigenvalue weighted by Crippen LogP contribution is 2.41. The molecule has 0 aliphatic carbocycles. The molecule has 2 aromatic rings. The Morgan fingerprint density at radius 3 is 2.53 bits per heavy atom. The van der Waals surface area contributed by atoms with Crippen LogP contribution in [0.4, 0.5) is 11.4 Å². The summed E-state index contributed by atoms with van der Waals surface area (Å²) in [7, 11) is 3.43. The first kappa shape index (κ1) is 22.1. The summed E-state index contributed by atoms with van der Waals surface area (Å²) in [6, 6.07) is 7.97. The van der Waals surface area contributed by atoms with Crippen LogP contribution in [0.5, 0.6) is 5.75 Å². The van der Waals surface area contributed by atoms with Crippen LogP contribution in [0.3, 0.4) is 0 Å². The Bertz CT molecular complexity index is 1120. The van der Waals surface area contributed by atoms with Crippen LogP contribution in [-0.2, 0) is 0 Å². The molecule has 2 heterocycles. The molecule has 8 nitrogen and oxygen atoms in total. The number of halogens is 1. The number of aryl methyl sites for hydroxylation is 1. The second-order valence-corrected chi connectivity index (χ2v) is 9.04. The molecule has 0 N–H and O–H groups in total. The van der Waals surface area contributed by atoms with Crippen molar-refractivity contribution in [2.24, 2.45) is 0 Å². The molecular formula is C23H24ClN3O5. The van der Waals surface area contributed by atoms with Crippen LogP contribution in [0.15, 0.2) is 30.3 Å². The third-order valence-corrected chi connectivity index (χ3v) is 6.64. The van der Waals surface area contributed by atoms with Crippen LogP contribution in [0, 0.1) is 17.0 Å². The largest absolute Gasteiger partial charge is 0.486 e. The maximum Gasteiger partial charge on any atom is 0.293 e. The van der Waals surface area contributed by atoms with Gasteiger partial charge in [0.15, 0.2) is 5.78 Å². The topological polar surface area (TPSA) is 93.0 Å². The zero-order valence-corrected chi connectivity index (χ0v) is 18.9. The Kier molecular flexibility index (Phi) is 5.58. The Balaban J connectivity index is 1.51. The number of carbonyl (C=O) groups excluding carboxylic acids is 2. The SMILES string of the molecule is Cc1cc2c(cc1Cl)C(=O)CC1(CCN(C(=O)c3ccc(N(C)C)c([N+](=O)[O-])c3)CC1)O2. The second-order valence-electron chi connectivity index (χ2n) is 8.63. The normalized spacial score (nSPS) is 17.0. The third kappa shape index (κ3) is 3.90. The van der Waals surface area contributed by atoms with Gasteiger partial charge in [0.2, 0.25) is 0 Å². The number of amides is 1. The number of Topliss-reactive ketones (excluding diaryl/α,β-unsaturated/α-hetero) is 1. The van der Waals surface area contributed by atoms with Gasteiger partial charge < -0.3 is 14.5 Å². The molecule has 0 aromatic heterocycles.